The molecular weight excluding hydrogens is 608 g/mol. The lowest BCUT2D eigenvalue weighted by Crippen LogP contribution is -2.11. The quantitative estimate of drug-likeness (QED) is 0.0758. The Hall–Kier alpha value is -6.72. The molecule has 0 fully saturated rings. The summed E-state index contributed by atoms with van der Waals surface area (Å²) in [7, 11) is 0. The van der Waals surface area contributed by atoms with E-state index < -0.39 is 23.9 Å². The van der Waals surface area contributed by atoms with Crippen LogP contribution < -0.4 is 18.9 Å². The predicted molar refractivity (Wildman–Crippen MR) is 182 cm³/mol. The molecule has 0 aliphatic rings. The fourth-order valence-electron chi connectivity index (χ4n) is 4.05. The molecule has 0 radical (unpaired) electrons. The molecule has 4 rings (SSSR count). The van der Waals surface area contributed by atoms with Gasteiger partial charge in [-0.15, -0.1) is 0 Å². The lowest BCUT2D eigenvalue weighted by atomic mass is 9.98. The first-order chi connectivity index (χ1) is 23.0. The van der Waals surface area contributed by atoms with Crippen LogP contribution in [0.2, 0.25) is 0 Å². The van der Waals surface area contributed by atoms with Gasteiger partial charge in [0.1, 0.15) is 23.0 Å². The van der Waals surface area contributed by atoms with E-state index in [9.17, 15) is 19.2 Å². The first kappa shape index (κ1) is 34.2. The van der Waals surface area contributed by atoms with Crippen LogP contribution in [-0.4, -0.2) is 23.9 Å². The fourth-order valence-corrected chi connectivity index (χ4v) is 4.05. The van der Waals surface area contributed by atoms with Crippen LogP contribution in [0.3, 0.4) is 0 Å². The Morgan fingerprint density at radius 1 is 0.562 bits per heavy atom. The molecule has 238 valence electrons. The standard InChI is InChI=1S/C40H30O8/c1-7-37(41)45-32-19-10-27(11-20-32)9-12-31-23-36(48-40(44)26(5)6)34(24-35(31)47-39(43)25(3)4)30-15-13-28(14-16-30)29-17-21-33(22-18-29)46-38(42)8-2/h7-8,10-11,13-24H,1-3,5H2,4,6H3. The summed E-state index contributed by atoms with van der Waals surface area (Å²) in [5.74, 6) is 4.49. The van der Waals surface area contributed by atoms with E-state index in [-0.39, 0.29) is 28.2 Å². The Morgan fingerprint density at radius 2 is 1.00 bits per heavy atom. The molecular formula is C40H30O8. The SMILES string of the molecule is C=CC(=O)Oc1ccc(C#Cc2cc(OC(=O)C(=C)C)c(-c3ccc(-c4ccc(OC(=O)C=C)cc4)cc3)cc2OC(=O)C(=C)C)cc1. The van der Waals surface area contributed by atoms with E-state index in [4.69, 9.17) is 18.9 Å². The highest BCUT2D eigenvalue weighted by atomic mass is 16.5. The topological polar surface area (TPSA) is 105 Å². The van der Waals surface area contributed by atoms with Crippen LogP contribution in [0.15, 0.2) is 135 Å². The molecule has 0 atom stereocenters. The second-order valence-electron chi connectivity index (χ2n) is 10.3. The van der Waals surface area contributed by atoms with Gasteiger partial charge >= 0.3 is 23.9 Å². The number of esters is 4. The van der Waals surface area contributed by atoms with Gasteiger partial charge in [0.05, 0.1) is 5.56 Å². The molecule has 0 spiro atoms. The third-order valence-electron chi connectivity index (χ3n) is 6.53. The molecule has 48 heavy (non-hydrogen) atoms. The summed E-state index contributed by atoms with van der Waals surface area (Å²) < 4.78 is 21.6. The largest absolute Gasteiger partial charge is 0.423 e. The lowest BCUT2D eigenvalue weighted by Gasteiger charge is -2.15. The molecule has 0 saturated heterocycles. The van der Waals surface area contributed by atoms with Gasteiger partial charge in [0.15, 0.2) is 0 Å². The van der Waals surface area contributed by atoms with E-state index >= 15 is 0 Å². The van der Waals surface area contributed by atoms with Gasteiger partial charge in [-0.1, -0.05) is 74.6 Å². The zero-order chi connectivity index (χ0) is 34.8. The van der Waals surface area contributed by atoms with Crippen LogP contribution in [0.4, 0.5) is 0 Å². The Kier molecular flexibility index (Phi) is 11.0. The van der Waals surface area contributed by atoms with Crippen molar-refractivity contribution in [3.05, 3.63) is 146 Å². The van der Waals surface area contributed by atoms with Gasteiger partial charge in [-0.3, -0.25) is 0 Å². The zero-order valence-corrected chi connectivity index (χ0v) is 26.3. The van der Waals surface area contributed by atoms with Gasteiger partial charge in [0.25, 0.3) is 0 Å². The highest BCUT2D eigenvalue weighted by Gasteiger charge is 2.19. The smallest absolute Gasteiger partial charge is 0.338 e. The number of benzene rings is 4. The van der Waals surface area contributed by atoms with Gasteiger partial charge in [-0.25, -0.2) is 19.2 Å². The minimum Gasteiger partial charge on any atom is -0.423 e. The van der Waals surface area contributed by atoms with Crippen LogP contribution in [0, 0.1) is 11.8 Å². The van der Waals surface area contributed by atoms with E-state index in [1.165, 1.54) is 19.9 Å². The number of hydrogen-bond acceptors (Lipinski definition) is 8. The van der Waals surface area contributed by atoms with Crippen LogP contribution >= 0.6 is 0 Å². The second kappa shape index (κ2) is 15.5. The number of carbonyl (C=O) groups excluding carboxylic acids is 4. The molecule has 0 saturated carbocycles. The van der Waals surface area contributed by atoms with E-state index in [0.29, 0.717) is 28.2 Å². The van der Waals surface area contributed by atoms with E-state index in [2.05, 4.69) is 38.2 Å². The van der Waals surface area contributed by atoms with Crippen molar-refractivity contribution in [2.45, 2.75) is 13.8 Å². The summed E-state index contributed by atoms with van der Waals surface area (Å²) in [6, 6.07) is 23.9. The highest BCUT2D eigenvalue weighted by Crippen LogP contribution is 2.38. The van der Waals surface area contributed by atoms with Gasteiger partial charge in [0, 0.05) is 40.5 Å². The minimum absolute atomic E-state index is 0.117. The molecule has 0 aliphatic heterocycles. The average molecular weight is 639 g/mol. The van der Waals surface area contributed by atoms with Crippen molar-refractivity contribution < 1.29 is 38.1 Å². The first-order valence-corrected chi connectivity index (χ1v) is 14.4. The summed E-state index contributed by atoms with van der Waals surface area (Å²) in [6.45, 7) is 17.2. The fraction of sp³-hybridized carbons (Fsp3) is 0.0500. The highest BCUT2D eigenvalue weighted by molar-refractivity contribution is 5.92. The molecule has 0 amide bonds. The Bertz CT molecular complexity index is 2000. The summed E-state index contributed by atoms with van der Waals surface area (Å²) >= 11 is 0. The lowest BCUT2D eigenvalue weighted by molar-refractivity contribution is -0.131. The summed E-state index contributed by atoms with van der Waals surface area (Å²) in [4.78, 5) is 48.3. The molecule has 0 aliphatic carbocycles. The van der Waals surface area contributed by atoms with Crippen LogP contribution in [0.25, 0.3) is 22.3 Å². The van der Waals surface area contributed by atoms with E-state index in [0.717, 1.165) is 23.3 Å². The minimum atomic E-state index is -0.665. The normalized spacial score (nSPS) is 9.96. The Balaban J connectivity index is 1.76. The van der Waals surface area contributed by atoms with Crippen molar-refractivity contribution in [1.29, 1.82) is 0 Å². The molecule has 0 aromatic heterocycles. The van der Waals surface area contributed by atoms with Crippen molar-refractivity contribution in [3.63, 3.8) is 0 Å². The van der Waals surface area contributed by atoms with Crippen LogP contribution in [0.5, 0.6) is 23.0 Å². The molecule has 0 heterocycles. The average Bonchev–Trinajstić information content (AvgIpc) is 3.08. The van der Waals surface area contributed by atoms with Crippen LogP contribution in [-0.2, 0) is 19.2 Å². The maximum absolute atomic E-state index is 12.7. The first-order valence-electron chi connectivity index (χ1n) is 14.4. The van der Waals surface area contributed by atoms with Crippen molar-refractivity contribution in [2.75, 3.05) is 0 Å². The molecule has 0 unspecified atom stereocenters. The van der Waals surface area contributed by atoms with Crippen molar-refractivity contribution in [1.82, 2.24) is 0 Å². The molecule has 8 heteroatoms. The summed E-state index contributed by atoms with van der Waals surface area (Å²) in [5.41, 5.74) is 4.01. The van der Waals surface area contributed by atoms with Crippen molar-refractivity contribution in [3.8, 4) is 57.1 Å². The molecule has 0 bridgehead atoms. The zero-order valence-electron chi connectivity index (χ0n) is 26.3. The maximum Gasteiger partial charge on any atom is 0.338 e. The van der Waals surface area contributed by atoms with Gasteiger partial charge in [-0.05, 0) is 73.0 Å². The molecule has 4 aromatic carbocycles. The number of hydrogen-bond donors (Lipinski definition) is 0. The Morgan fingerprint density at radius 3 is 1.48 bits per heavy atom. The van der Waals surface area contributed by atoms with Crippen LogP contribution in [0.1, 0.15) is 25.0 Å². The number of rotatable bonds is 10. The van der Waals surface area contributed by atoms with Gasteiger partial charge in [0.2, 0.25) is 0 Å². The predicted octanol–water partition coefficient (Wildman–Crippen LogP) is 7.57. The monoisotopic (exact) mass is 638 g/mol. The van der Waals surface area contributed by atoms with Gasteiger partial charge < -0.3 is 18.9 Å². The van der Waals surface area contributed by atoms with E-state index in [1.54, 1.807) is 42.5 Å². The molecule has 8 nitrogen and oxygen atoms in total. The Labute approximate surface area is 278 Å². The third-order valence-corrected chi connectivity index (χ3v) is 6.53. The number of carbonyl (C=O) groups is 4. The molecule has 0 N–H and O–H groups in total. The van der Waals surface area contributed by atoms with E-state index in [1.807, 2.05) is 36.4 Å². The second-order valence-corrected chi connectivity index (χ2v) is 10.3. The van der Waals surface area contributed by atoms with Crippen molar-refractivity contribution in [2.24, 2.45) is 0 Å². The third kappa shape index (κ3) is 8.93. The molecule has 4 aromatic rings. The summed E-state index contributed by atoms with van der Waals surface area (Å²) in [5, 5.41) is 0. The van der Waals surface area contributed by atoms with Crippen molar-refractivity contribution >= 4 is 23.9 Å². The maximum atomic E-state index is 12.7. The summed E-state index contributed by atoms with van der Waals surface area (Å²) in [6.07, 6.45) is 2.15. The number of ether oxygens (including phenoxy) is 4. The van der Waals surface area contributed by atoms with Gasteiger partial charge in [-0.2, -0.15) is 0 Å².